The highest BCUT2D eigenvalue weighted by Crippen LogP contribution is 2.22. The monoisotopic (exact) mass is 312 g/mol. The Morgan fingerprint density at radius 2 is 2.09 bits per heavy atom. The van der Waals surface area contributed by atoms with E-state index in [4.69, 9.17) is 4.42 Å². The fourth-order valence-corrected chi connectivity index (χ4v) is 2.85. The van der Waals surface area contributed by atoms with E-state index in [9.17, 15) is 9.59 Å². The lowest BCUT2D eigenvalue weighted by atomic mass is 10.1. The van der Waals surface area contributed by atoms with Crippen molar-refractivity contribution in [3.63, 3.8) is 0 Å². The fraction of sp³-hybridized carbons (Fsp3) is 0.333. The second-order valence-electron chi connectivity index (χ2n) is 5.90. The van der Waals surface area contributed by atoms with Crippen LogP contribution in [0, 0.1) is 5.92 Å². The van der Waals surface area contributed by atoms with Crippen LogP contribution in [0.25, 0.3) is 0 Å². The molecule has 0 saturated carbocycles. The van der Waals surface area contributed by atoms with E-state index < -0.39 is 0 Å². The molecule has 1 aromatic carbocycles. The van der Waals surface area contributed by atoms with Crippen LogP contribution in [0.4, 0.5) is 0 Å². The smallest absolute Gasteiger partial charge is 0.225 e. The number of carbonyl (C=O) groups excluding carboxylic acids is 2. The minimum absolute atomic E-state index is 0.00564. The van der Waals surface area contributed by atoms with Crippen LogP contribution in [-0.2, 0) is 16.1 Å². The second kappa shape index (κ2) is 6.69. The minimum atomic E-state index is -0.302. The summed E-state index contributed by atoms with van der Waals surface area (Å²) in [6.07, 6.45) is 1.84. The molecule has 5 nitrogen and oxygen atoms in total. The number of nitrogens with zero attached hydrogens (tertiary/aromatic N) is 1. The van der Waals surface area contributed by atoms with Crippen LogP contribution in [0.15, 0.2) is 53.1 Å². The van der Waals surface area contributed by atoms with E-state index in [0.717, 1.165) is 11.3 Å². The topological polar surface area (TPSA) is 62.6 Å². The highest BCUT2D eigenvalue weighted by atomic mass is 16.3. The normalized spacial score (nSPS) is 18.9. The molecule has 1 aliphatic heterocycles. The van der Waals surface area contributed by atoms with Crippen molar-refractivity contribution in [3.8, 4) is 0 Å². The molecule has 0 spiro atoms. The summed E-state index contributed by atoms with van der Waals surface area (Å²) < 4.78 is 5.27. The van der Waals surface area contributed by atoms with E-state index in [2.05, 4.69) is 5.32 Å². The van der Waals surface area contributed by atoms with Gasteiger partial charge in [0.1, 0.15) is 5.76 Å². The lowest BCUT2D eigenvalue weighted by Crippen LogP contribution is -2.34. The van der Waals surface area contributed by atoms with Gasteiger partial charge in [-0.05, 0) is 24.6 Å². The molecular formula is C18H20N2O3. The third-order valence-electron chi connectivity index (χ3n) is 4.17. The summed E-state index contributed by atoms with van der Waals surface area (Å²) in [6.45, 7) is 2.81. The van der Waals surface area contributed by atoms with Crippen molar-refractivity contribution in [1.29, 1.82) is 0 Å². The zero-order chi connectivity index (χ0) is 16.2. The van der Waals surface area contributed by atoms with Crippen molar-refractivity contribution in [2.24, 2.45) is 5.92 Å². The molecule has 2 aromatic rings. The number of hydrogen-bond acceptors (Lipinski definition) is 3. The summed E-state index contributed by atoms with van der Waals surface area (Å²) in [5.74, 6) is 0.353. The molecule has 5 heteroatoms. The zero-order valence-corrected chi connectivity index (χ0v) is 13.1. The van der Waals surface area contributed by atoms with E-state index in [1.165, 1.54) is 0 Å². The highest BCUT2D eigenvalue weighted by molar-refractivity contribution is 5.89. The molecule has 2 amide bonds. The third kappa shape index (κ3) is 3.62. The van der Waals surface area contributed by atoms with Crippen molar-refractivity contribution in [2.75, 3.05) is 6.54 Å². The van der Waals surface area contributed by atoms with Gasteiger partial charge in [-0.25, -0.2) is 0 Å². The maximum atomic E-state index is 12.4. The van der Waals surface area contributed by atoms with Gasteiger partial charge in [0.05, 0.1) is 24.8 Å². The first-order chi connectivity index (χ1) is 11.1. The van der Waals surface area contributed by atoms with Gasteiger partial charge < -0.3 is 14.6 Å². The highest BCUT2D eigenvalue weighted by Gasteiger charge is 2.35. The lowest BCUT2D eigenvalue weighted by Gasteiger charge is -2.18. The Morgan fingerprint density at radius 1 is 1.30 bits per heavy atom. The molecule has 1 N–H and O–H groups in total. The maximum absolute atomic E-state index is 12.4. The van der Waals surface area contributed by atoms with Gasteiger partial charge in [0.25, 0.3) is 0 Å². The molecule has 3 rings (SSSR count). The van der Waals surface area contributed by atoms with Crippen molar-refractivity contribution < 1.29 is 14.0 Å². The number of rotatable bonds is 5. The van der Waals surface area contributed by atoms with Gasteiger partial charge in [0, 0.05) is 13.0 Å². The van der Waals surface area contributed by atoms with Crippen LogP contribution in [0.5, 0.6) is 0 Å². The van der Waals surface area contributed by atoms with Crippen LogP contribution < -0.4 is 5.32 Å². The minimum Gasteiger partial charge on any atom is -0.467 e. The van der Waals surface area contributed by atoms with E-state index in [-0.39, 0.29) is 30.2 Å². The van der Waals surface area contributed by atoms with Crippen molar-refractivity contribution in [1.82, 2.24) is 10.2 Å². The van der Waals surface area contributed by atoms with Crippen molar-refractivity contribution >= 4 is 11.8 Å². The van der Waals surface area contributed by atoms with E-state index >= 15 is 0 Å². The molecule has 1 saturated heterocycles. The van der Waals surface area contributed by atoms with Gasteiger partial charge in [-0.15, -0.1) is 0 Å². The average molecular weight is 312 g/mol. The molecule has 1 fully saturated rings. The Bertz CT molecular complexity index is 667. The van der Waals surface area contributed by atoms with E-state index in [1.54, 1.807) is 17.2 Å². The summed E-state index contributed by atoms with van der Waals surface area (Å²) in [7, 11) is 0. The van der Waals surface area contributed by atoms with Crippen LogP contribution in [-0.4, -0.2) is 23.3 Å². The number of benzene rings is 1. The molecular weight excluding hydrogens is 292 g/mol. The van der Waals surface area contributed by atoms with Crippen LogP contribution >= 0.6 is 0 Å². The summed E-state index contributed by atoms with van der Waals surface area (Å²) in [5.41, 5.74) is 1.05. The zero-order valence-electron chi connectivity index (χ0n) is 13.1. The number of furan rings is 1. The average Bonchev–Trinajstić information content (AvgIpc) is 3.19. The Kier molecular flexibility index (Phi) is 4.46. The SMILES string of the molecule is CC(NC(=O)C1CC(=O)N(Cc2ccco2)C1)c1ccccc1. The maximum Gasteiger partial charge on any atom is 0.225 e. The number of hydrogen-bond donors (Lipinski definition) is 1. The van der Waals surface area contributed by atoms with E-state index in [0.29, 0.717) is 13.1 Å². The predicted octanol–water partition coefficient (Wildman–Crippen LogP) is 2.51. The first-order valence-corrected chi connectivity index (χ1v) is 7.79. The van der Waals surface area contributed by atoms with Gasteiger partial charge in [0.15, 0.2) is 0 Å². The Balaban J connectivity index is 1.57. The molecule has 23 heavy (non-hydrogen) atoms. The summed E-state index contributed by atoms with van der Waals surface area (Å²) in [4.78, 5) is 26.2. The van der Waals surface area contributed by atoms with Crippen LogP contribution in [0.2, 0.25) is 0 Å². The standard InChI is InChI=1S/C18H20N2O3/c1-13(14-6-3-2-4-7-14)19-18(22)15-10-17(21)20(11-15)12-16-8-5-9-23-16/h2-9,13,15H,10-12H2,1H3,(H,19,22). The molecule has 0 radical (unpaired) electrons. The Labute approximate surface area is 135 Å². The Hall–Kier alpha value is -2.56. The molecule has 0 bridgehead atoms. The molecule has 2 heterocycles. The van der Waals surface area contributed by atoms with Gasteiger partial charge in [-0.1, -0.05) is 30.3 Å². The van der Waals surface area contributed by atoms with Gasteiger partial charge in [-0.3, -0.25) is 9.59 Å². The quantitative estimate of drug-likeness (QED) is 0.922. The van der Waals surface area contributed by atoms with Gasteiger partial charge in [-0.2, -0.15) is 0 Å². The molecule has 0 aliphatic carbocycles. The van der Waals surface area contributed by atoms with Crippen molar-refractivity contribution in [2.45, 2.75) is 25.9 Å². The third-order valence-corrected chi connectivity index (χ3v) is 4.17. The van der Waals surface area contributed by atoms with Gasteiger partial charge >= 0.3 is 0 Å². The molecule has 1 aliphatic rings. The molecule has 2 atom stereocenters. The van der Waals surface area contributed by atoms with E-state index in [1.807, 2.05) is 43.3 Å². The van der Waals surface area contributed by atoms with Crippen molar-refractivity contribution in [3.05, 3.63) is 60.1 Å². The number of nitrogens with one attached hydrogen (secondary N) is 1. The molecule has 2 unspecified atom stereocenters. The lowest BCUT2D eigenvalue weighted by molar-refractivity contribution is -0.129. The second-order valence-corrected chi connectivity index (χ2v) is 5.90. The predicted molar refractivity (Wildman–Crippen MR) is 85.2 cm³/mol. The summed E-state index contributed by atoms with van der Waals surface area (Å²) in [6, 6.07) is 13.4. The first kappa shape index (κ1) is 15.3. The summed E-state index contributed by atoms with van der Waals surface area (Å²) in [5, 5.41) is 3.00. The fourth-order valence-electron chi connectivity index (χ4n) is 2.85. The largest absolute Gasteiger partial charge is 0.467 e. The van der Waals surface area contributed by atoms with Gasteiger partial charge in [0.2, 0.25) is 11.8 Å². The number of carbonyl (C=O) groups is 2. The molecule has 120 valence electrons. The number of likely N-dealkylation sites (tertiary alicyclic amines) is 1. The summed E-state index contributed by atoms with van der Waals surface area (Å²) >= 11 is 0. The Morgan fingerprint density at radius 3 is 2.78 bits per heavy atom. The van der Waals surface area contributed by atoms with Crippen LogP contribution in [0.3, 0.4) is 0 Å². The number of amides is 2. The van der Waals surface area contributed by atoms with Crippen LogP contribution in [0.1, 0.15) is 30.7 Å². The molecule has 1 aromatic heterocycles. The first-order valence-electron chi connectivity index (χ1n) is 7.79.